The molecule has 0 aromatic heterocycles. The third kappa shape index (κ3) is 6.27. The summed E-state index contributed by atoms with van der Waals surface area (Å²) in [6, 6.07) is 0.874. The van der Waals surface area contributed by atoms with E-state index in [2.05, 4.69) is 19.2 Å². The molecule has 112 valence electrons. The first-order valence-electron chi connectivity index (χ1n) is 8.60. The van der Waals surface area contributed by atoms with Crippen LogP contribution in [0.3, 0.4) is 0 Å². The van der Waals surface area contributed by atoms with Crippen molar-refractivity contribution in [2.75, 3.05) is 13.2 Å². The molecule has 0 radical (unpaired) electrons. The van der Waals surface area contributed by atoms with E-state index in [1.807, 2.05) is 0 Å². The van der Waals surface area contributed by atoms with E-state index in [1.54, 1.807) is 0 Å². The Morgan fingerprint density at radius 1 is 0.895 bits per heavy atom. The van der Waals surface area contributed by atoms with E-state index in [4.69, 9.17) is 4.74 Å². The van der Waals surface area contributed by atoms with Gasteiger partial charge in [-0.05, 0) is 63.3 Å². The molecule has 19 heavy (non-hydrogen) atoms. The molecule has 2 nitrogen and oxygen atoms in total. The Kier molecular flexibility index (Phi) is 6.66. The van der Waals surface area contributed by atoms with Crippen LogP contribution in [0.5, 0.6) is 0 Å². The van der Waals surface area contributed by atoms with Crippen LogP contribution in [-0.2, 0) is 4.74 Å². The van der Waals surface area contributed by atoms with Crippen LogP contribution in [0.4, 0.5) is 0 Å². The lowest BCUT2D eigenvalue weighted by Gasteiger charge is -2.32. The quantitative estimate of drug-likeness (QED) is 0.634. The van der Waals surface area contributed by atoms with Gasteiger partial charge in [0, 0.05) is 12.6 Å². The molecule has 2 aliphatic rings. The second-order valence-corrected chi connectivity index (χ2v) is 6.90. The Hall–Kier alpha value is -0.0800. The molecule has 3 unspecified atom stereocenters. The molecule has 1 N–H and O–H groups in total. The van der Waals surface area contributed by atoms with E-state index < -0.39 is 0 Å². The summed E-state index contributed by atoms with van der Waals surface area (Å²) in [6.07, 6.45) is 12.6. The van der Waals surface area contributed by atoms with Gasteiger partial charge in [-0.1, -0.05) is 26.7 Å². The van der Waals surface area contributed by atoms with Gasteiger partial charge in [-0.15, -0.1) is 0 Å². The summed E-state index contributed by atoms with van der Waals surface area (Å²) in [6.45, 7) is 6.98. The number of unbranched alkanes of at least 4 members (excludes halogenated alkanes) is 3. The van der Waals surface area contributed by atoms with E-state index in [1.165, 1.54) is 64.3 Å². The van der Waals surface area contributed by atoms with Crippen LogP contribution in [0, 0.1) is 11.8 Å². The summed E-state index contributed by atoms with van der Waals surface area (Å²) in [5.74, 6) is 1.76. The highest BCUT2D eigenvalue weighted by atomic mass is 16.5. The maximum Gasteiger partial charge on any atom is 0.0577 e. The van der Waals surface area contributed by atoms with E-state index in [9.17, 15) is 0 Å². The minimum atomic E-state index is 0.558. The maximum absolute atomic E-state index is 6.04. The molecule has 2 aliphatic carbocycles. The van der Waals surface area contributed by atoms with Crippen molar-refractivity contribution in [3.63, 3.8) is 0 Å². The van der Waals surface area contributed by atoms with Gasteiger partial charge in [0.2, 0.25) is 0 Å². The van der Waals surface area contributed by atoms with Crippen molar-refractivity contribution in [1.82, 2.24) is 5.32 Å². The van der Waals surface area contributed by atoms with Crippen LogP contribution in [-0.4, -0.2) is 25.3 Å². The average molecular weight is 267 g/mol. The Bertz CT molecular complexity index is 239. The normalized spacial score (nSPS) is 31.6. The number of hydrogen-bond acceptors (Lipinski definition) is 2. The predicted octanol–water partition coefficient (Wildman–Crippen LogP) is 4.14. The molecule has 2 rings (SSSR count). The first-order valence-corrected chi connectivity index (χ1v) is 8.60. The molecule has 0 aromatic rings. The first kappa shape index (κ1) is 15.3. The third-order valence-corrected chi connectivity index (χ3v) is 4.99. The van der Waals surface area contributed by atoms with Gasteiger partial charge in [0.05, 0.1) is 6.10 Å². The van der Waals surface area contributed by atoms with Gasteiger partial charge in [-0.2, -0.15) is 0 Å². The second kappa shape index (κ2) is 8.26. The van der Waals surface area contributed by atoms with Gasteiger partial charge >= 0.3 is 0 Å². The largest absolute Gasteiger partial charge is 0.378 e. The molecule has 0 heterocycles. The number of hydrogen-bond donors (Lipinski definition) is 1. The monoisotopic (exact) mass is 267 g/mol. The lowest BCUT2D eigenvalue weighted by Crippen LogP contribution is -2.27. The Labute approximate surface area is 119 Å². The fourth-order valence-electron chi connectivity index (χ4n) is 3.07. The van der Waals surface area contributed by atoms with Crippen LogP contribution >= 0.6 is 0 Å². The van der Waals surface area contributed by atoms with Gasteiger partial charge in [-0.3, -0.25) is 0 Å². The highest BCUT2D eigenvalue weighted by molar-refractivity contribution is 4.80. The molecule has 2 heteroatoms. The molecule has 0 spiro atoms. The molecular weight excluding hydrogens is 234 g/mol. The van der Waals surface area contributed by atoms with E-state index in [-0.39, 0.29) is 0 Å². The van der Waals surface area contributed by atoms with E-state index in [0.717, 1.165) is 24.5 Å². The van der Waals surface area contributed by atoms with Gasteiger partial charge in [0.15, 0.2) is 0 Å². The molecular formula is C17H33NO. The zero-order chi connectivity index (χ0) is 13.5. The number of nitrogens with one attached hydrogen (secondary N) is 1. The summed E-state index contributed by atoms with van der Waals surface area (Å²) in [7, 11) is 0. The van der Waals surface area contributed by atoms with Crippen molar-refractivity contribution in [1.29, 1.82) is 0 Å². The van der Waals surface area contributed by atoms with Gasteiger partial charge in [-0.25, -0.2) is 0 Å². The second-order valence-electron chi connectivity index (χ2n) is 6.90. The van der Waals surface area contributed by atoms with Crippen LogP contribution in [0.2, 0.25) is 0 Å². The molecule has 2 saturated carbocycles. The Morgan fingerprint density at radius 2 is 1.68 bits per heavy atom. The standard InChI is InChI=1S/C17H33NO/c1-14-7-10-17(13-15(14)2)19-12-6-4-3-5-11-18-16-8-9-16/h14-18H,3-13H2,1-2H3. The molecule has 0 aliphatic heterocycles. The van der Waals surface area contributed by atoms with Crippen LogP contribution < -0.4 is 5.32 Å². The third-order valence-electron chi connectivity index (χ3n) is 4.99. The summed E-state index contributed by atoms with van der Waals surface area (Å²) in [5, 5.41) is 3.58. The lowest BCUT2D eigenvalue weighted by molar-refractivity contribution is 0.00100. The molecule has 0 bridgehead atoms. The van der Waals surface area contributed by atoms with Crippen molar-refractivity contribution < 1.29 is 4.74 Å². The lowest BCUT2D eigenvalue weighted by atomic mass is 9.80. The van der Waals surface area contributed by atoms with Gasteiger partial charge < -0.3 is 10.1 Å². The van der Waals surface area contributed by atoms with Crippen molar-refractivity contribution in [2.24, 2.45) is 11.8 Å². The van der Waals surface area contributed by atoms with Crippen LogP contribution in [0.1, 0.15) is 71.6 Å². The molecule has 0 amide bonds. The Morgan fingerprint density at radius 3 is 2.42 bits per heavy atom. The van der Waals surface area contributed by atoms with Crippen LogP contribution in [0.15, 0.2) is 0 Å². The summed E-state index contributed by atoms with van der Waals surface area (Å²) >= 11 is 0. The minimum Gasteiger partial charge on any atom is -0.378 e. The average Bonchev–Trinajstić information content (AvgIpc) is 3.21. The first-order chi connectivity index (χ1) is 9.25. The van der Waals surface area contributed by atoms with Gasteiger partial charge in [0.25, 0.3) is 0 Å². The zero-order valence-electron chi connectivity index (χ0n) is 13.0. The van der Waals surface area contributed by atoms with Crippen LogP contribution in [0.25, 0.3) is 0 Å². The van der Waals surface area contributed by atoms with Gasteiger partial charge in [0.1, 0.15) is 0 Å². The molecule has 2 fully saturated rings. The smallest absolute Gasteiger partial charge is 0.0577 e. The highest BCUT2D eigenvalue weighted by Gasteiger charge is 2.24. The zero-order valence-corrected chi connectivity index (χ0v) is 13.0. The topological polar surface area (TPSA) is 21.3 Å². The minimum absolute atomic E-state index is 0.558. The SMILES string of the molecule is CC1CCC(OCCCCCCNC2CC2)CC1C. The number of ether oxygens (including phenoxy) is 1. The molecule has 3 atom stereocenters. The van der Waals surface area contributed by atoms with Crippen molar-refractivity contribution >= 4 is 0 Å². The van der Waals surface area contributed by atoms with Crippen molar-refractivity contribution in [3.8, 4) is 0 Å². The summed E-state index contributed by atoms with van der Waals surface area (Å²) in [5.41, 5.74) is 0. The Balaban J connectivity index is 1.37. The summed E-state index contributed by atoms with van der Waals surface area (Å²) in [4.78, 5) is 0. The fourth-order valence-corrected chi connectivity index (χ4v) is 3.07. The fraction of sp³-hybridized carbons (Fsp3) is 1.00. The highest BCUT2D eigenvalue weighted by Crippen LogP contribution is 2.30. The molecule has 0 aromatic carbocycles. The summed E-state index contributed by atoms with van der Waals surface area (Å²) < 4.78 is 6.04. The van der Waals surface area contributed by atoms with E-state index >= 15 is 0 Å². The molecule has 0 saturated heterocycles. The predicted molar refractivity (Wildman–Crippen MR) is 81.4 cm³/mol. The number of rotatable bonds is 9. The van der Waals surface area contributed by atoms with Crippen molar-refractivity contribution in [2.45, 2.75) is 83.8 Å². The van der Waals surface area contributed by atoms with E-state index in [0.29, 0.717) is 6.10 Å². The maximum atomic E-state index is 6.04. The van der Waals surface area contributed by atoms with Crippen molar-refractivity contribution in [3.05, 3.63) is 0 Å².